The highest BCUT2D eigenvalue weighted by Crippen LogP contribution is 2.35. The molecule has 1 aliphatic carbocycles. The van der Waals surface area contributed by atoms with Crippen LogP contribution in [0, 0.1) is 11.8 Å². The zero-order valence-electron chi connectivity index (χ0n) is 16.6. The van der Waals surface area contributed by atoms with E-state index in [-0.39, 0.29) is 0 Å². The highest BCUT2D eigenvalue weighted by atomic mass is 14.8. The first-order valence-corrected chi connectivity index (χ1v) is 10.5. The summed E-state index contributed by atoms with van der Waals surface area (Å²) < 4.78 is 0. The van der Waals surface area contributed by atoms with E-state index in [0.717, 1.165) is 17.8 Å². The Kier molecular flexibility index (Phi) is 7.38. The fraction of sp³-hybridized carbons (Fsp3) is 0.440. The van der Waals surface area contributed by atoms with E-state index in [1.807, 2.05) is 36.7 Å². The highest BCUT2D eigenvalue weighted by Gasteiger charge is 2.23. The predicted molar refractivity (Wildman–Crippen MR) is 114 cm³/mol. The number of rotatable bonds is 5. The second-order valence-electron chi connectivity index (χ2n) is 7.70. The average Bonchev–Trinajstić information content (AvgIpc) is 2.82. The molecule has 142 valence electrons. The lowest BCUT2D eigenvalue weighted by atomic mass is 9.78. The molecule has 0 aromatic carbocycles. The molecule has 3 rings (SSSR count). The van der Waals surface area contributed by atoms with E-state index < -0.39 is 0 Å². The van der Waals surface area contributed by atoms with Crippen LogP contribution in [0.4, 0.5) is 0 Å². The molecule has 0 spiro atoms. The zero-order chi connectivity index (χ0) is 18.9. The van der Waals surface area contributed by atoms with Crippen LogP contribution in [0.25, 0.3) is 11.4 Å². The third-order valence-electron chi connectivity index (χ3n) is 5.75. The summed E-state index contributed by atoms with van der Waals surface area (Å²) in [5, 5.41) is 0. The van der Waals surface area contributed by atoms with Crippen LogP contribution in [0.3, 0.4) is 0 Å². The van der Waals surface area contributed by atoms with Crippen LogP contribution in [0.15, 0.2) is 67.0 Å². The van der Waals surface area contributed by atoms with E-state index in [9.17, 15) is 0 Å². The van der Waals surface area contributed by atoms with Gasteiger partial charge in [0.1, 0.15) is 0 Å². The van der Waals surface area contributed by atoms with Crippen molar-refractivity contribution in [2.45, 2.75) is 58.3 Å². The van der Waals surface area contributed by atoms with Crippen LogP contribution in [0.2, 0.25) is 0 Å². The van der Waals surface area contributed by atoms with Crippen molar-refractivity contribution in [1.29, 1.82) is 0 Å². The first-order valence-electron chi connectivity index (χ1n) is 10.5. The van der Waals surface area contributed by atoms with Gasteiger partial charge in [-0.05, 0) is 61.8 Å². The topological polar surface area (TPSA) is 25.8 Å². The van der Waals surface area contributed by atoms with E-state index >= 15 is 0 Å². The molecule has 0 bridgehead atoms. The van der Waals surface area contributed by atoms with E-state index in [4.69, 9.17) is 0 Å². The monoisotopic (exact) mass is 360 g/mol. The van der Waals surface area contributed by atoms with Crippen molar-refractivity contribution < 1.29 is 0 Å². The largest absolute Gasteiger partial charge is 0.255 e. The van der Waals surface area contributed by atoms with Crippen molar-refractivity contribution in [3.63, 3.8) is 0 Å². The summed E-state index contributed by atoms with van der Waals surface area (Å²) in [7, 11) is 0. The summed E-state index contributed by atoms with van der Waals surface area (Å²) in [6.45, 7) is 6.71. The number of allylic oxidation sites excluding steroid dienone is 3. The quantitative estimate of drug-likeness (QED) is 0.548. The summed E-state index contributed by atoms with van der Waals surface area (Å²) in [4.78, 5) is 9.14. The first kappa shape index (κ1) is 19.5. The summed E-state index contributed by atoms with van der Waals surface area (Å²) in [5.41, 5.74) is 4.52. The average molecular weight is 361 g/mol. The SMILES string of the molecule is C=C(Cc1cccnc1-c1ccccn1)C1CCCCCCCC1/C=C\C. The fourth-order valence-corrected chi connectivity index (χ4v) is 4.36. The van der Waals surface area contributed by atoms with Gasteiger partial charge in [0, 0.05) is 12.4 Å². The molecular weight excluding hydrogens is 328 g/mol. The van der Waals surface area contributed by atoms with Crippen molar-refractivity contribution in [1.82, 2.24) is 9.97 Å². The van der Waals surface area contributed by atoms with Crippen molar-refractivity contribution in [2.75, 3.05) is 0 Å². The molecule has 2 atom stereocenters. The summed E-state index contributed by atoms with van der Waals surface area (Å²) in [6, 6.07) is 10.2. The molecule has 2 aromatic heterocycles. The van der Waals surface area contributed by atoms with Crippen molar-refractivity contribution >= 4 is 0 Å². The molecule has 1 aliphatic rings. The number of hydrogen-bond acceptors (Lipinski definition) is 2. The fourth-order valence-electron chi connectivity index (χ4n) is 4.36. The lowest BCUT2D eigenvalue weighted by molar-refractivity contribution is 0.389. The molecule has 0 saturated heterocycles. The molecule has 1 saturated carbocycles. The first-order chi connectivity index (χ1) is 13.3. The van der Waals surface area contributed by atoms with Gasteiger partial charge in [0.2, 0.25) is 0 Å². The van der Waals surface area contributed by atoms with E-state index in [0.29, 0.717) is 11.8 Å². The number of aromatic nitrogens is 2. The lowest BCUT2D eigenvalue weighted by Crippen LogP contribution is -2.17. The Balaban J connectivity index is 1.82. The molecule has 0 amide bonds. The van der Waals surface area contributed by atoms with E-state index in [1.54, 1.807) is 0 Å². The predicted octanol–water partition coefficient (Wildman–Crippen LogP) is 6.80. The zero-order valence-corrected chi connectivity index (χ0v) is 16.6. The van der Waals surface area contributed by atoms with Gasteiger partial charge in [0.05, 0.1) is 11.4 Å². The highest BCUT2D eigenvalue weighted by molar-refractivity contribution is 5.59. The Morgan fingerprint density at radius 3 is 2.56 bits per heavy atom. The summed E-state index contributed by atoms with van der Waals surface area (Å²) in [6.07, 6.45) is 18.5. The van der Waals surface area contributed by atoms with E-state index in [1.165, 1.54) is 56.1 Å². The molecule has 0 radical (unpaired) electrons. The molecule has 2 nitrogen and oxygen atoms in total. The Labute approximate surface area is 164 Å². The van der Waals surface area contributed by atoms with Gasteiger partial charge in [-0.2, -0.15) is 0 Å². The minimum absolute atomic E-state index is 0.566. The van der Waals surface area contributed by atoms with Gasteiger partial charge in [0.25, 0.3) is 0 Å². The normalized spacial score (nSPS) is 21.4. The summed E-state index contributed by atoms with van der Waals surface area (Å²) >= 11 is 0. The molecular formula is C25H32N2. The van der Waals surface area contributed by atoms with Crippen LogP contribution in [0.5, 0.6) is 0 Å². The molecule has 2 unspecified atom stereocenters. The second-order valence-corrected chi connectivity index (χ2v) is 7.70. The van der Waals surface area contributed by atoms with Gasteiger partial charge in [-0.3, -0.25) is 9.97 Å². The van der Waals surface area contributed by atoms with Gasteiger partial charge < -0.3 is 0 Å². The smallest absolute Gasteiger partial charge is 0.0921 e. The second kappa shape index (κ2) is 10.2. The maximum atomic E-state index is 4.63. The molecule has 2 heterocycles. The van der Waals surface area contributed by atoms with Crippen molar-refractivity contribution in [2.24, 2.45) is 11.8 Å². The van der Waals surface area contributed by atoms with Gasteiger partial charge >= 0.3 is 0 Å². The molecule has 0 N–H and O–H groups in total. The maximum absolute atomic E-state index is 4.63. The molecule has 2 heteroatoms. The van der Waals surface area contributed by atoms with Gasteiger partial charge in [-0.15, -0.1) is 0 Å². The van der Waals surface area contributed by atoms with E-state index in [2.05, 4.69) is 41.7 Å². The standard InChI is InChI=1S/C25H32N2/c1-3-12-21-13-7-5-4-6-8-15-23(21)20(2)19-22-14-11-18-27-25(22)24-16-9-10-17-26-24/h3,9-12,14,16-18,21,23H,2,4-8,13,15,19H2,1H3/b12-3-. The number of pyridine rings is 2. The minimum Gasteiger partial charge on any atom is -0.255 e. The van der Waals surface area contributed by atoms with Crippen molar-refractivity contribution in [3.8, 4) is 11.4 Å². The number of hydrogen-bond donors (Lipinski definition) is 0. The van der Waals surface area contributed by atoms with Crippen LogP contribution in [0.1, 0.15) is 57.4 Å². The van der Waals surface area contributed by atoms with Crippen LogP contribution >= 0.6 is 0 Å². The Morgan fingerprint density at radius 1 is 1.00 bits per heavy atom. The lowest BCUT2D eigenvalue weighted by Gasteiger charge is -2.27. The summed E-state index contributed by atoms with van der Waals surface area (Å²) in [5.74, 6) is 1.19. The molecule has 27 heavy (non-hydrogen) atoms. The minimum atomic E-state index is 0.566. The van der Waals surface area contributed by atoms with Gasteiger partial charge in [-0.1, -0.05) is 68.5 Å². The maximum Gasteiger partial charge on any atom is 0.0921 e. The van der Waals surface area contributed by atoms with Gasteiger partial charge in [-0.25, -0.2) is 0 Å². The third-order valence-corrected chi connectivity index (χ3v) is 5.75. The Bertz CT molecular complexity index is 748. The molecule has 0 aliphatic heterocycles. The Hall–Kier alpha value is -2.22. The third kappa shape index (κ3) is 5.38. The number of nitrogens with zero attached hydrogens (tertiary/aromatic N) is 2. The van der Waals surface area contributed by atoms with Crippen molar-refractivity contribution in [3.05, 3.63) is 72.6 Å². The molecule has 2 aromatic rings. The van der Waals surface area contributed by atoms with Crippen LogP contribution in [-0.2, 0) is 6.42 Å². The Morgan fingerprint density at radius 2 is 1.78 bits per heavy atom. The van der Waals surface area contributed by atoms with Gasteiger partial charge in [0.15, 0.2) is 0 Å². The molecule has 1 fully saturated rings. The van der Waals surface area contributed by atoms with Crippen LogP contribution in [-0.4, -0.2) is 9.97 Å². The van der Waals surface area contributed by atoms with Crippen LogP contribution < -0.4 is 0 Å².